The lowest BCUT2D eigenvalue weighted by Gasteiger charge is -2.30. The largest absolute Gasteiger partial charge is 0.323 e. The van der Waals surface area contributed by atoms with Crippen LogP contribution in [-0.2, 0) is 0 Å². The van der Waals surface area contributed by atoms with Gasteiger partial charge >= 0.3 is 0 Å². The quantitative estimate of drug-likeness (QED) is 0.808. The zero-order chi connectivity index (χ0) is 10.9. The zero-order valence-corrected chi connectivity index (χ0v) is 10.7. The molecule has 0 saturated carbocycles. The standard InChI is InChI=1S/C12H21NS/c1-6-12(4,5)11(13)10-8(2)7-9(3)14-10/h7,11H,6,13H2,1-5H3. The first-order chi connectivity index (χ1) is 6.38. The predicted molar refractivity (Wildman–Crippen MR) is 64.8 cm³/mol. The van der Waals surface area contributed by atoms with Crippen molar-refractivity contribution < 1.29 is 0 Å². The number of hydrogen-bond donors (Lipinski definition) is 1. The monoisotopic (exact) mass is 211 g/mol. The van der Waals surface area contributed by atoms with Crippen LogP contribution in [0.1, 0.15) is 48.6 Å². The number of hydrogen-bond acceptors (Lipinski definition) is 2. The second kappa shape index (κ2) is 4.03. The molecule has 2 heteroatoms. The molecule has 0 bridgehead atoms. The Bertz CT molecular complexity index is 312. The minimum atomic E-state index is 0.172. The van der Waals surface area contributed by atoms with Crippen molar-refractivity contribution in [2.45, 2.75) is 47.1 Å². The summed E-state index contributed by atoms with van der Waals surface area (Å²) in [6.45, 7) is 11.0. The molecule has 0 saturated heterocycles. The maximum Gasteiger partial charge on any atom is 0.0444 e. The number of thiophene rings is 1. The van der Waals surface area contributed by atoms with Crippen molar-refractivity contribution in [1.82, 2.24) is 0 Å². The van der Waals surface area contributed by atoms with Crippen LogP contribution in [0.25, 0.3) is 0 Å². The molecule has 80 valence electrons. The molecule has 1 aromatic heterocycles. The van der Waals surface area contributed by atoms with Crippen molar-refractivity contribution in [3.63, 3.8) is 0 Å². The normalized spacial score (nSPS) is 14.4. The third-order valence-electron chi connectivity index (χ3n) is 3.11. The van der Waals surface area contributed by atoms with Crippen molar-refractivity contribution in [3.8, 4) is 0 Å². The second-order valence-corrected chi connectivity index (χ2v) is 6.01. The molecule has 1 heterocycles. The van der Waals surface area contributed by atoms with E-state index >= 15 is 0 Å². The summed E-state index contributed by atoms with van der Waals surface area (Å²) in [5.41, 5.74) is 7.85. The van der Waals surface area contributed by atoms with Crippen LogP contribution < -0.4 is 5.73 Å². The maximum atomic E-state index is 6.31. The molecule has 1 aromatic rings. The van der Waals surface area contributed by atoms with E-state index in [1.54, 1.807) is 0 Å². The van der Waals surface area contributed by atoms with E-state index in [4.69, 9.17) is 5.73 Å². The van der Waals surface area contributed by atoms with Crippen LogP contribution in [0.2, 0.25) is 0 Å². The van der Waals surface area contributed by atoms with Crippen LogP contribution in [0, 0.1) is 19.3 Å². The van der Waals surface area contributed by atoms with Gasteiger partial charge < -0.3 is 5.73 Å². The molecule has 0 radical (unpaired) electrons. The van der Waals surface area contributed by atoms with Gasteiger partial charge in [0.2, 0.25) is 0 Å². The summed E-state index contributed by atoms with van der Waals surface area (Å²) >= 11 is 1.84. The Morgan fingerprint density at radius 3 is 2.36 bits per heavy atom. The highest BCUT2D eigenvalue weighted by Gasteiger charge is 2.27. The minimum Gasteiger partial charge on any atom is -0.323 e. The molecule has 0 aliphatic heterocycles. The fourth-order valence-electron chi connectivity index (χ4n) is 1.54. The Kier molecular flexibility index (Phi) is 3.38. The molecule has 1 atom stereocenters. The van der Waals surface area contributed by atoms with Gasteiger partial charge in [0.05, 0.1) is 0 Å². The Labute approximate surface area is 91.3 Å². The third-order valence-corrected chi connectivity index (χ3v) is 4.35. The van der Waals surface area contributed by atoms with E-state index in [0.29, 0.717) is 0 Å². The fraction of sp³-hybridized carbons (Fsp3) is 0.667. The second-order valence-electron chi connectivity index (χ2n) is 4.72. The smallest absolute Gasteiger partial charge is 0.0444 e. The topological polar surface area (TPSA) is 26.0 Å². The summed E-state index contributed by atoms with van der Waals surface area (Å²) in [6.07, 6.45) is 1.12. The van der Waals surface area contributed by atoms with Gasteiger partial charge in [-0.2, -0.15) is 0 Å². The molecule has 1 nitrogen and oxygen atoms in total. The molecule has 0 aromatic carbocycles. The molecule has 0 spiro atoms. The SMILES string of the molecule is CCC(C)(C)C(N)c1sc(C)cc1C. The van der Waals surface area contributed by atoms with Crippen LogP contribution in [-0.4, -0.2) is 0 Å². The van der Waals surface area contributed by atoms with Crippen molar-refractivity contribution >= 4 is 11.3 Å². The molecule has 0 aliphatic rings. The zero-order valence-electron chi connectivity index (χ0n) is 9.85. The highest BCUT2D eigenvalue weighted by molar-refractivity contribution is 7.12. The van der Waals surface area contributed by atoms with Gasteiger partial charge in [-0.3, -0.25) is 0 Å². The summed E-state index contributed by atoms with van der Waals surface area (Å²) < 4.78 is 0. The minimum absolute atomic E-state index is 0.172. The molecule has 0 amide bonds. The predicted octanol–water partition coefficient (Wildman–Crippen LogP) is 3.80. The molecule has 1 rings (SSSR count). The molecule has 14 heavy (non-hydrogen) atoms. The van der Waals surface area contributed by atoms with Gasteiger partial charge in [0.1, 0.15) is 0 Å². The van der Waals surface area contributed by atoms with Crippen LogP contribution in [0.15, 0.2) is 6.07 Å². The number of rotatable bonds is 3. The van der Waals surface area contributed by atoms with E-state index in [2.05, 4.69) is 40.7 Å². The van der Waals surface area contributed by atoms with Crippen molar-refractivity contribution in [3.05, 3.63) is 21.4 Å². The average Bonchev–Trinajstić information content (AvgIpc) is 2.44. The van der Waals surface area contributed by atoms with Gasteiger partial charge in [-0.1, -0.05) is 20.8 Å². The molecule has 2 N–H and O–H groups in total. The molecule has 0 aliphatic carbocycles. The number of nitrogens with two attached hydrogens (primary N) is 1. The van der Waals surface area contributed by atoms with Gasteiger partial charge in [0.15, 0.2) is 0 Å². The van der Waals surface area contributed by atoms with E-state index in [1.165, 1.54) is 15.3 Å². The fourth-order valence-corrected chi connectivity index (χ4v) is 2.79. The first-order valence-electron chi connectivity index (χ1n) is 5.21. The van der Waals surface area contributed by atoms with Crippen LogP contribution in [0.4, 0.5) is 0 Å². The van der Waals surface area contributed by atoms with Crippen molar-refractivity contribution in [2.75, 3.05) is 0 Å². The Morgan fingerprint density at radius 1 is 1.43 bits per heavy atom. The first kappa shape index (κ1) is 11.7. The summed E-state index contributed by atoms with van der Waals surface area (Å²) in [5.74, 6) is 0. The van der Waals surface area contributed by atoms with Gasteiger partial charge in [-0.05, 0) is 37.3 Å². The van der Waals surface area contributed by atoms with Gasteiger partial charge in [0.25, 0.3) is 0 Å². The van der Waals surface area contributed by atoms with Crippen LogP contribution in [0.5, 0.6) is 0 Å². The lowest BCUT2D eigenvalue weighted by Crippen LogP contribution is -2.28. The summed E-state index contributed by atoms with van der Waals surface area (Å²) in [7, 11) is 0. The maximum absolute atomic E-state index is 6.31. The first-order valence-corrected chi connectivity index (χ1v) is 6.02. The lowest BCUT2D eigenvalue weighted by molar-refractivity contribution is 0.281. The summed E-state index contributed by atoms with van der Waals surface area (Å²) in [5, 5.41) is 0. The van der Waals surface area contributed by atoms with E-state index in [-0.39, 0.29) is 11.5 Å². The Morgan fingerprint density at radius 2 is 2.00 bits per heavy atom. The Balaban J connectivity index is 3.00. The molecule has 0 fully saturated rings. The van der Waals surface area contributed by atoms with Crippen molar-refractivity contribution in [1.29, 1.82) is 0 Å². The van der Waals surface area contributed by atoms with E-state index in [9.17, 15) is 0 Å². The Hall–Kier alpha value is -0.340. The molecular weight excluding hydrogens is 190 g/mol. The van der Waals surface area contributed by atoms with Gasteiger partial charge in [-0.25, -0.2) is 0 Å². The molecular formula is C12H21NS. The van der Waals surface area contributed by atoms with Crippen LogP contribution >= 0.6 is 11.3 Å². The summed E-state index contributed by atoms with van der Waals surface area (Å²) in [4.78, 5) is 2.72. The van der Waals surface area contributed by atoms with Gasteiger partial charge in [0, 0.05) is 15.8 Å². The highest BCUT2D eigenvalue weighted by atomic mass is 32.1. The van der Waals surface area contributed by atoms with E-state index in [0.717, 1.165) is 6.42 Å². The van der Waals surface area contributed by atoms with Crippen molar-refractivity contribution in [2.24, 2.45) is 11.1 Å². The highest BCUT2D eigenvalue weighted by Crippen LogP contribution is 2.38. The lowest BCUT2D eigenvalue weighted by atomic mass is 9.81. The molecule has 1 unspecified atom stereocenters. The number of aryl methyl sites for hydroxylation is 2. The van der Waals surface area contributed by atoms with Gasteiger partial charge in [-0.15, -0.1) is 11.3 Å². The van der Waals surface area contributed by atoms with Crippen LogP contribution in [0.3, 0.4) is 0 Å². The third kappa shape index (κ3) is 2.18. The van der Waals surface area contributed by atoms with E-state index in [1.807, 2.05) is 11.3 Å². The average molecular weight is 211 g/mol. The van der Waals surface area contributed by atoms with E-state index < -0.39 is 0 Å². The summed E-state index contributed by atoms with van der Waals surface area (Å²) in [6, 6.07) is 2.40.